The second-order valence-corrected chi connectivity index (χ2v) is 10.2. The number of amides is 3. The van der Waals surface area contributed by atoms with E-state index < -0.39 is 18.0 Å². The van der Waals surface area contributed by atoms with Gasteiger partial charge in [-0.2, -0.15) is 0 Å². The van der Waals surface area contributed by atoms with E-state index in [1.54, 1.807) is 12.1 Å². The Morgan fingerprint density at radius 1 is 1.28 bits per heavy atom. The first-order valence-electron chi connectivity index (χ1n) is 9.94. The topological polar surface area (TPSA) is 136 Å². The van der Waals surface area contributed by atoms with Crippen molar-refractivity contribution in [2.75, 3.05) is 17.6 Å². The molecule has 1 aromatic heterocycles. The van der Waals surface area contributed by atoms with Crippen LogP contribution in [0.4, 0.5) is 10.5 Å². The number of urea groups is 1. The third-order valence-electron chi connectivity index (χ3n) is 5.97. The number of aromatic hydroxyl groups is 1. The molecule has 0 saturated carbocycles. The number of nitrogens with one attached hydrogen (secondary N) is 1. The van der Waals surface area contributed by atoms with Crippen molar-refractivity contribution < 1.29 is 24.6 Å². The third-order valence-corrected chi connectivity index (χ3v) is 8.00. The predicted octanol–water partition coefficient (Wildman–Crippen LogP) is 2.13. The van der Waals surface area contributed by atoms with Gasteiger partial charge >= 0.3 is 12.0 Å². The molecule has 12 heteroatoms. The number of carboxylic acid groups (broad SMARTS) is 1. The van der Waals surface area contributed by atoms with E-state index in [0.717, 1.165) is 14.9 Å². The number of aryl methyl sites for hydroxylation is 1. The number of phenols is 1. The molecular formula is C20H19N5O5S2. The number of carboxylic acids is 1. The molecule has 0 spiro atoms. The molecule has 32 heavy (non-hydrogen) atoms. The zero-order valence-corrected chi connectivity index (χ0v) is 18.5. The molecule has 1 unspecified atom stereocenters. The molecule has 3 N–H and O–H groups in total. The molecule has 3 amide bonds. The Hall–Kier alpha value is -3.12. The van der Waals surface area contributed by atoms with Gasteiger partial charge < -0.3 is 20.4 Å². The van der Waals surface area contributed by atoms with Crippen LogP contribution in [-0.2, 0) is 9.59 Å². The quantitative estimate of drug-likeness (QED) is 0.341. The average molecular weight is 474 g/mol. The number of carbonyl (C=O) groups is 3. The van der Waals surface area contributed by atoms with Gasteiger partial charge in [-0.3, -0.25) is 9.69 Å². The fourth-order valence-electron chi connectivity index (χ4n) is 4.63. The number of carbonyl (C=O) groups excluding carboxylic acids is 2. The van der Waals surface area contributed by atoms with Crippen molar-refractivity contribution in [1.82, 2.24) is 20.0 Å². The maximum Gasteiger partial charge on any atom is 0.352 e. The lowest BCUT2D eigenvalue weighted by Crippen LogP contribution is -2.74. The van der Waals surface area contributed by atoms with Crippen LogP contribution in [0.25, 0.3) is 0 Å². The molecule has 0 radical (unpaired) electrons. The second kappa shape index (κ2) is 7.78. The van der Waals surface area contributed by atoms with E-state index in [2.05, 4.69) is 15.5 Å². The van der Waals surface area contributed by atoms with Gasteiger partial charge in [0.05, 0.1) is 6.04 Å². The summed E-state index contributed by atoms with van der Waals surface area (Å²) in [6.45, 7) is 2.20. The number of phenolic OH excluding ortho intramolecular Hbond substituents is 1. The second-order valence-electron chi connectivity index (χ2n) is 7.76. The Balaban J connectivity index is 1.35. The first kappa shape index (κ1) is 20.8. The molecule has 3 aliphatic heterocycles. The number of aliphatic carboxylic acids is 1. The Morgan fingerprint density at radius 2 is 2.03 bits per heavy atom. The molecule has 0 bridgehead atoms. The minimum absolute atomic E-state index is 0.0378. The van der Waals surface area contributed by atoms with E-state index in [4.69, 9.17) is 0 Å². The van der Waals surface area contributed by atoms with Crippen LogP contribution in [0.2, 0.25) is 0 Å². The summed E-state index contributed by atoms with van der Waals surface area (Å²) in [4.78, 5) is 40.7. The standard InChI is InChI=1S/C20H19N5O5S2/c1-9-22-23-20(32-9)31-8-13-12-6-7-24(19(30)21-10-2-4-11(26)5-3-10)16-14(12)25(17(16)27)15(13)18(28)29/h2-5,12,14,16,26H,6-8H2,1H3,(H,21,30)(H,28,29)/t12?,14-,16+/m1/s1. The summed E-state index contributed by atoms with van der Waals surface area (Å²) in [5, 5.41) is 30.9. The number of thioether (sulfide) groups is 1. The van der Waals surface area contributed by atoms with Gasteiger partial charge in [-0.05, 0) is 43.2 Å². The normalized spacial score (nSPS) is 23.8. The van der Waals surface area contributed by atoms with Crippen LogP contribution < -0.4 is 5.32 Å². The van der Waals surface area contributed by atoms with Crippen molar-refractivity contribution in [3.63, 3.8) is 0 Å². The van der Waals surface area contributed by atoms with Crippen molar-refractivity contribution in [3.05, 3.63) is 40.5 Å². The number of nitrogens with zero attached hydrogens (tertiary/aromatic N) is 4. The molecule has 1 aromatic carbocycles. The molecule has 3 aliphatic rings. The van der Waals surface area contributed by atoms with Crippen molar-refractivity contribution in [1.29, 1.82) is 0 Å². The molecule has 3 atom stereocenters. The lowest BCUT2D eigenvalue weighted by atomic mass is 9.78. The fraction of sp³-hybridized carbons (Fsp3) is 0.350. The fourth-order valence-corrected chi connectivity index (χ4v) is 6.55. The lowest BCUT2D eigenvalue weighted by molar-refractivity contribution is -0.160. The van der Waals surface area contributed by atoms with Gasteiger partial charge in [-0.1, -0.05) is 23.1 Å². The van der Waals surface area contributed by atoms with E-state index in [9.17, 15) is 24.6 Å². The number of hydrogen-bond donors (Lipinski definition) is 3. The molecular weight excluding hydrogens is 454 g/mol. The van der Waals surface area contributed by atoms with E-state index in [0.29, 0.717) is 24.4 Å². The smallest absolute Gasteiger partial charge is 0.352 e. The third kappa shape index (κ3) is 3.30. The maximum atomic E-state index is 13.0. The summed E-state index contributed by atoms with van der Waals surface area (Å²) < 4.78 is 0.752. The Labute approximate surface area is 190 Å². The predicted molar refractivity (Wildman–Crippen MR) is 116 cm³/mol. The highest BCUT2D eigenvalue weighted by molar-refractivity contribution is 8.01. The van der Waals surface area contributed by atoms with E-state index >= 15 is 0 Å². The first-order valence-corrected chi connectivity index (χ1v) is 11.7. The number of aromatic nitrogens is 2. The van der Waals surface area contributed by atoms with Gasteiger partial charge in [0.2, 0.25) is 0 Å². The number of hydrogen-bond acceptors (Lipinski definition) is 8. The number of piperidine rings is 1. The van der Waals surface area contributed by atoms with Gasteiger partial charge in [-0.15, -0.1) is 10.2 Å². The van der Waals surface area contributed by atoms with Crippen LogP contribution in [0.15, 0.2) is 39.9 Å². The Morgan fingerprint density at radius 3 is 2.69 bits per heavy atom. The number of likely N-dealkylation sites (tertiary alicyclic amines) is 1. The van der Waals surface area contributed by atoms with Gasteiger partial charge in [0.25, 0.3) is 5.91 Å². The number of rotatable bonds is 5. The summed E-state index contributed by atoms with van der Waals surface area (Å²) >= 11 is 2.86. The molecule has 2 saturated heterocycles. The van der Waals surface area contributed by atoms with Crippen molar-refractivity contribution in [2.24, 2.45) is 5.92 Å². The maximum absolute atomic E-state index is 13.0. The molecule has 2 fully saturated rings. The zero-order chi connectivity index (χ0) is 22.6. The van der Waals surface area contributed by atoms with Crippen LogP contribution in [0, 0.1) is 12.8 Å². The van der Waals surface area contributed by atoms with Gasteiger partial charge in [-0.25, -0.2) is 9.59 Å². The van der Waals surface area contributed by atoms with E-state index in [1.165, 1.54) is 45.0 Å². The molecule has 4 heterocycles. The minimum atomic E-state index is -1.13. The SMILES string of the molecule is Cc1nnc(SCC2=C(C(=O)O)N3C(=O)[C@@H]4[C@H]3C2CCN4C(=O)Nc2ccc(O)cc2)s1. The van der Waals surface area contributed by atoms with Gasteiger partial charge in [0.1, 0.15) is 22.5 Å². The van der Waals surface area contributed by atoms with Gasteiger partial charge in [0, 0.05) is 23.9 Å². The number of anilines is 1. The monoisotopic (exact) mass is 473 g/mol. The molecule has 0 aliphatic carbocycles. The summed E-state index contributed by atoms with van der Waals surface area (Å²) in [5.41, 5.74) is 1.25. The first-order chi connectivity index (χ1) is 15.3. The average Bonchev–Trinajstić information content (AvgIpc) is 3.32. The minimum Gasteiger partial charge on any atom is -0.508 e. The van der Waals surface area contributed by atoms with E-state index in [-0.39, 0.29) is 29.3 Å². The van der Waals surface area contributed by atoms with Crippen LogP contribution in [-0.4, -0.2) is 72.5 Å². The molecule has 166 valence electrons. The summed E-state index contributed by atoms with van der Waals surface area (Å²) in [6, 6.07) is 4.59. The number of β-lactam (4-membered cyclic amide) rings is 1. The lowest BCUT2D eigenvalue weighted by Gasteiger charge is -2.53. The van der Waals surface area contributed by atoms with Crippen LogP contribution >= 0.6 is 23.1 Å². The summed E-state index contributed by atoms with van der Waals surface area (Å²) in [6.07, 6.45) is 0.565. The zero-order valence-electron chi connectivity index (χ0n) is 16.9. The van der Waals surface area contributed by atoms with Crippen molar-refractivity contribution in [3.8, 4) is 5.75 Å². The Bertz CT molecular complexity index is 1150. The van der Waals surface area contributed by atoms with E-state index in [1.807, 2.05) is 6.92 Å². The summed E-state index contributed by atoms with van der Waals surface area (Å²) in [7, 11) is 0. The van der Waals surface area contributed by atoms with Crippen LogP contribution in [0.1, 0.15) is 11.4 Å². The van der Waals surface area contributed by atoms with Crippen LogP contribution in [0.3, 0.4) is 0 Å². The summed E-state index contributed by atoms with van der Waals surface area (Å²) in [5.74, 6) is -1.11. The number of benzene rings is 1. The largest absolute Gasteiger partial charge is 0.508 e. The molecule has 5 rings (SSSR count). The van der Waals surface area contributed by atoms with Crippen molar-refractivity contribution >= 4 is 46.7 Å². The highest BCUT2D eigenvalue weighted by Gasteiger charge is 2.64. The highest BCUT2D eigenvalue weighted by atomic mass is 32.2. The highest BCUT2D eigenvalue weighted by Crippen LogP contribution is 2.50. The molecule has 2 aromatic rings. The molecule has 10 nitrogen and oxygen atoms in total. The van der Waals surface area contributed by atoms with Gasteiger partial charge in [0.15, 0.2) is 4.34 Å². The Kier molecular flexibility index (Phi) is 5.05. The van der Waals surface area contributed by atoms with Crippen molar-refractivity contribution in [2.45, 2.75) is 29.8 Å². The van der Waals surface area contributed by atoms with Crippen LogP contribution in [0.5, 0.6) is 5.75 Å².